The lowest BCUT2D eigenvalue weighted by molar-refractivity contribution is 0.133. The normalized spacial score (nSPS) is 13.5. The Morgan fingerprint density at radius 2 is 2.19 bits per heavy atom. The minimum atomic E-state index is -3.53. The van der Waals surface area contributed by atoms with Crippen LogP contribution >= 0.6 is 0 Å². The predicted molar refractivity (Wildman–Crippen MR) is 81.7 cm³/mol. The van der Waals surface area contributed by atoms with Crippen LogP contribution in [-0.4, -0.2) is 50.5 Å². The highest BCUT2D eigenvalue weighted by Gasteiger charge is 2.19. The van der Waals surface area contributed by atoms with Crippen LogP contribution in [0.4, 0.5) is 0 Å². The number of rotatable bonds is 11. The van der Waals surface area contributed by atoms with Crippen LogP contribution in [-0.2, 0) is 21.3 Å². The molecule has 0 bridgehead atoms. The quantitative estimate of drug-likeness (QED) is 0.583. The van der Waals surface area contributed by atoms with E-state index >= 15 is 0 Å². The molecule has 1 atom stereocenters. The molecule has 0 aliphatic rings. The second-order valence-electron chi connectivity index (χ2n) is 4.83. The first-order chi connectivity index (χ1) is 9.99. The molecule has 7 nitrogen and oxygen atoms in total. The number of ether oxygens (including phenoxy) is 1. The number of nitrogens with one attached hydrogen (secondary N) is 2. The second kappa shape index (κ2) is 9.14. The van der Waals surface area contributed by atoms with Crippen LogP contribution in [0.15, 0.2) is 17.3 Å². The maximum absolute atomic E-state index is 12.2. The summed E-state index contributed by atoms with van der Waals surface area (Å²) >= 11 is 0. The van der Waals surface area contributed by atoms with Gasteiger partial charge in [0.2, 0.25) is 10.0 Å². The van der Waals surface area contributed by atoms with Gasteiger partial charge in [-0.3, -0.25) is 4.68 Å². The molecular weight excluding hydrogens is 292 g/mol. The highest BCUT2D eigenvalue weighted by atomic mass is 32.2. The van der Waals surface area contributed by atoms with Gasteiger partial charge in [0, 0.05) is 25.4 Å². The fourth-order valence-electron chi connectivity index (χ4n) is 1.81. The van der Waals surface area contributed by atoms with Crippen LogP contribution in [0.25, 0.3) is 0 Å². The molecule has 2 N–H and O–H groups in total. The first kappa shape index (κ1) is 18.1. The van der Waals surface area contributed by atoms with Crippen molar-refractivity contribution in [2.24, 2.45) is 0 Å². The zero-order valence-corrected chi connectivity index (χ0v) is 13.8. The summed E-state index contributed by atoms with van der Waals surface area (Å²) in [6.45, 7) is 9.13. The summed E-state index contributed by atoms with van der Waals surface area (Å²) in [6, 6.07) is -0.271. The van der Waals surface area contributed by atoms with Crippen LogP contribution in [0.5, 0.6) is 0 Å². The van der Waals surface area contributed by atoms with E-state index in [1.165, 1.54) is 6.20 Å². The summed E-state index contributed by atoms with van der Waals surface area (Å²) in [7, 11) is -3.53. The minimum absolute atomic E-state index is 0.189. The van der Waals surface area contributed by atoms with Gasteiger partial charge in [0.1, 0.15) is 4.90 Å². The molecule has 0 aromatic carbocycles. The summed E-state index contributed by atoms with van der Waals surface area (Å²) in [5, 5.41) is 7.30. The molecule has 0 aliphatic heterocycles. The van der Waals surface area contributed by atoms with Gasteiger partial charge >= 0.3 is 0 Å². The van der Waals surface area contributed by atoms with E-state index in [1.54, 1.807) is 17.8 Å². The van der Waals surface area contributed by atoms with Gasteiger partial charge in [0.05, 0.1) is 12.8 Å². The molecule has 0 saturated heterocycles. The van der Waals surface area contributed by atoms with Gasteiger partial charge in [0.15, 0.2) is 0 Å². The van der Waals surface area contributed by atoms with Crippen LogP contribution in [0.3, 0.4) is 0 Å². The topological polar surface area (TPSA) is 85.2 Å². The molecule has 0 saturated carbocycles. The first-order valence-electron chi connectivity index (χ1n) is 7.32. The lowest BCUT2D eigenvalue weighted by Crippen LogP contribution is -2.35. The van der Waals surface area contributed by atoms with Gasteiger partial charge < -0.3 is 10.1 Å². The van der Waals surface area contributed by atoms with Crippen molar-refractivity contribution in [1.82, 2.24) is 19.8 Å². The van der Waals surface area contributed by atoms with Gasteiger partial charge in [-0.1, -0.05) is 6.92 Å². The highest BCUT2D eigenvalue weighted by molar-refractivity contribution is 7.89. The van der Waals surface area contributed by atoms with E-state index in [0.29, 0.717) is 19.8 Å². The molecule has 0 fully saturated rings. The first-order valence-corrected chi connectivity index (χ1v) is 8.81. The molecule has 1 unspecified atom stereocenters. The molecule has 0 amide bonds. The third-order valence-corrected chi connectivity index (χ3v) is 4.38. The SMILES string of the molecule is CCNCCCn1cc(S(=O)(=O)NC(C)COCC)cn1. The maximum atomic E-state index is 12.2. The molecule has 1 aromatic rings. The monoisotopic (exact) mass is 318 g/mol. The lowest BCUT2D eigenvalue weighted by atomic mass is 10.4. The van der Waals surface area contributed by atoms with E-state index in [4.69, 9.17) is 4.74 Å². The van der Waals surface area contributed by atoms with Crippen molar-refractivity contribution < 1.29 is 13.2 Å². The van der Waals surface area contributed by atoms with Crippen LogP contribution in [0, 0.1) is 0 Å². The Bertz CT molecular complexity index is 501. The van der Waals surface area contributed by atoms with Gasteiger partial charge in [0.25, 0.3) is 0 Å². The summed E-state index contributed by atoms with van der Waals surface area (Å²) in [6.07, 6.45) is 3.84. The summed E-state index contributed by atoms with van der Waals surface area (Å²) < 4.78 is 33.8. The number of aryl methyl sites for hydroxylation is 1. The van der Waals surface area contributed by atoms with E-state index in [9.17, 15) is 8.42 Å². The van der Waals surface area contributed by atoms with Gasteiger partial charge in [-0.25, -0.2) is 13.1 Å². The van der Waals surface area contributed by atoms with Crippen molar-refractivity contribution in [2.45, 2.75) is 44.7 Å². The Labute approximate surface area is 127 Å². The zero-order chi connectivity index (χ0) is 15.7. The molecular formula is C13H26N4O3S. The predicted octanol–water partition coefficient (Wildman–Crippen LogP) is 0.586. The Kier molecular flexibility index (Phi) is 7.87. The maximum Gasteiger partial charge on any atom is 0.244 e. The molecule has 1 aromatic heterocycles. The molecule has 1 rings (SSSR count). The average Bonchev–Trinajstić information content (AvgIpc) is 2.90. The fraction of sp³-hybridized carbons (Fsp3) is 0.769. The standard InChI is InChI=1S/C13H26N4O3S/c1-4-14-7-6-8-17-10-13(9-15-17)21(18,19)16-12(3)11-20-5-2/h9-10,12,14,16H,4-8,11H2,1-3H3. The third kappa shape index (κ3) is 6.56. The van der Waals surface area contributed by atoms with Crippen LogP contribution in [0.2, 0.25) is 0 Å². The van der Waals surface area contributed by atoms with Crippen LogP contribution < -0.4 is 10.0 Å². The number of nitrogens with zero attached hydrogens (tertiary/aromatic N) is 2. The minimum Gasteiger partial charge on any atom is -0.380 e. The van der Waals surface area contributed by atoms with E-state index < -0.39 is 10.0 Å². The Hall–Kier alpha value is -0.960. The van der Waals surface area contributed by atoms with Crippen molar-refractivity contribution in [3.05, 3.63) is 12.4 Å². The van der Waals surface area contributed by atoms with Crippen molar-refractivity contribution >= 4 is 10.0 Å². The number of hydrogen-bond acceptors (Lipinski definition) is 5. The fourth-order valence-corrected chi connectivity index (χ4v) is 2.99. The van der Waals surface area contributed by atoms with Crippen LogP contribution in [0.1, 0.15) is 27.2 Å². The Morgan fingerprint density at radius 1 is 1.43 bits per heavy atom. The van der Waals surface area contributed by atoms with Crippen molar-refractivity contribution in [3.8, 4) is 0 Å². The molecule has 0 aliphatic carbocycles. The summed E-state index contributed by atoms with van der Waals surface area (Å²) in [5.41, 5.74) is 0. The number of aromatic nitrogens is 2. The van der Waals surface area contributed by atoms with Gasteiger partial charge in [-0.15, -0.1) is 0 Å². The van der Waals surface area contributed by atoms with Crippen molar-refractivity contribution in [3.63, 3.8) is 0 Å². The average molecular weight is 318 g/mol. The molecule has 1 heterocycles. The summed E-state index contributed by atoms with van der Waals surface area (Å²) in [5.74, 6) is 0. The van der Waals surface area contributed by atoms with Gasteiger partial charge in [-0.05, 0) is 33.4 Å². The molecule has 8 heteroatoms. The zero-order valence-electron chi connectivity index (χ0n) is 13.0. The lowest BCUT2D eigenvalue weighted by Gasteiger charge is -2.12. The molecule has 0 radical (unpaired) electrons. The second-order valence-corrected chi connectivity index (χ2v) is 6.54. The van der Waals surface area contributed by atoms with E-state index in [1.807, 2.05) is 13.8 Å². The Morgan fingerprint density at radius 3 is 2.86 bits per heavy atom. The van der Waals surface area contributed by atoms with Gasteiger partial charge in [-0.2, -0.15) is 5.10 Å². The van der Waals surface area contributed by atoms with E-state index in [2.05, 4.69) is 15.1 Å². The smallest absolute Gasteiger partial charge is 0.244 e. The van der Waals surface area contributed by atoms with Crippen molar-refractivity contribution in [2.75, 3.05) is 26.3 Å². The Balaban J connectivity index is 2.53. The largest absolute Gasteiger partial charge is 0.380 e. The molecule has 122 valence electrons. The third-order valence-electron chi connectivity index (χ3n) is 2.84. The van der Waals surface area contributed by atoms with E-state index in [-0.39, 0.29) is 10.9 Å². The molecule has 21 heavy (non-hydrogen) atoms. The molecule has 0 spiro atoms. The van der Waals surface area contributed by atoms with Crippen molar-refractivity contribution in [1.29, 1.82) is 0 Å². The highest BCUT2D eigenvalue weighted by Crippen LogP contribution is 2.08. The number of hydrogen-bond donors (Lipinski definition) is 2. The summed E-state index contributed by atoms with van der Waals surface area (Å²) in [4.78, 5) is 0.189. The van der Waals surface area contributed by atoms with E-state index in [0.717, 1.165) is 19.5 Å². The number of sulfonamides is 1.